The van der Waals surface area contributed by atoms with Crippen LogP contribution >= 0.6 is 0 Å². The topological polar surface area (TPSA) is 118 Å². The SMILES string of the molecule is CCCC(OC(=O)C(F)(F)S(=O)(=O)O)C(=O)O. The molecule has 0 aliphatic carbocycles. The number of aliphatic carboxylic acids is 1. The van der Waals surface area contributed by atoms with Crippen LogP contribution in [0.5, 0.6) is 0 Å². The van der Waals surface area contributed by atoms with Gasteiger partial charge in [-0.3, -0.25) is 4.55 Å². The molecule has 0 radical (unpaired) electrons. The summed E-state index contributed by atoms with van der Waals surface area (Å²) in [6.07, 6.45) is -1.94. The van der Waals surface area contributed by atoms with E-state index in [2.05, 4.69) is 4.74 Å². The first-order valence-electron chi connectivity index (χ1n) is 4.32. The lowest BCUT2D eigenvalue weighted by Crippen LogP contribution is -2.42. The molecule has 17 heavy (non-hydrogen) atoms. The average molecular weight is 276 g/mol. The molecule has 1 atom stereocenters. The van der Waals surface area contributed by atoms with Crippen molar-refractivity contribution in [2.24, 2.45) is 0 Å². The Morgan fingerprint density at radius 2 is 1.88 bits per heavy atom. The molecule has 0 aromatic carbocycles. The van der Waals surface area contributed by atoms with Gasteiger partial charge in [-0.2, -0.15) is 17.2 Å². The zero-order valence-electron chi connectivity index (χ0n) is 8.59. The predicted molar refractivity (Wildman–Crippen MR) is 48.9 cm³/mol. The number of rotatable bonds is 6. The molecule has 10 heteroatoms. The molecule has 0 heterocycles. The van der Waals surface area contributed by atoms with Gasteiger partial charge < -0.3 is 9.84 Å². The van der Waals surface area contributed by atoms with E-state index in [0.717, 1.165) is 0 Å². The van der Waals surface area contributed by atoms with Crippen LogP contribution in [-0.4, -0.2) is 41.4 Å². The zero-order chi connectivity index (χ0) is 13.9. The normalized spacial score (nSPS) is 14.1. The highest BCUT2D eigenvalue weighted by Gasteiger charge is 2.55. The maximum Gasteiger partial charge on any atom is 0.465 e. The van der Waals surface area contributed by atoms with E-state index in [4.69, 9.17) is 9.66 Å². The summed E-state index contributed by atoms with van der Waals surface area (Å²) in [5.74, 6) is -4.31. The van der Waals surface area contributed by atoms with Crippen molar-refractivity contribution in [2.45, 2.75) is 31.1 Å². The van der Waals surface area contributed by atoms with Crippen LogP contribution in [0.2, 0.25) is 0 Å². The number of carbonyl (C=O) groups is 2. The third-order valence-corrected chi connectivity index (χ3v) is 2.45. The van der Waals surface area contributed by atoms with Gasteiger partial charge in [-0.15, -0.1) is 0 Å². The molecule has 0 aliphatic rings. The van der Waals surface area contributed by atoms with E-state index in [0.29, 0.717) is 0 Å². The van der Waals surface area contributed by atoms with Crippen LogP contribution in [0.4, 0.5) is 8.78 Å². The maximum absolute atomic E-state index is 12.7. The summed E-state index contributed by atoms with van der Waals surface area (Å²) in [4.78, 5) is 21.2. The van der Waals surface area contributed by atoms with Crippen molar-refractivity contribution in [3.63, 3.8) is 0 Å². The minimum Gasteiger partial charge on any atom is -0.479 e. The number of carboxylic acid groups (broad SMARTS) is 1. The van der Waals surface area contributed by atoms with E-state index < -0.39 is 33.4 Å². The second-order valence-electron chi connectivity index (χ2n) is 3.01. The largest absolute Gasteiger partial charge is 0.479 e. The second-order valence-corrected chi connectivity index (χ2v) is 4.48. The Hall–Kier alpha value is -1.29. The number of carbonyl (C=O) groups excluding carboxylic acids is 1. The van der Waals surface area contributed by atoms with E-state index >= 15 is 0 Å². The number of esters is 1. The molecule has 0 aliphatic heterocycles. The van der Waals surface area contributed by atoms with E-state index in [1.165, 1.54) is 6.92 Å². The molecule has 0 aromatic heterocycles. The van der Waals surface area contributed by atoms with Crippen molar-refractivity contribution >= 4 is 22.1 Å². The molecule has 0 rings (SSSR count). The molecule has 0 fully saturated rings. The van der Waals surface area contributed by atoms with Crippen LogP contribution in [-0.2, 0) is 24.4 Å². The highest BCUT2D eigenvalue weighted by molar-refractivity contribution is 7.87. The van der Waals surface area contributed by atoms with Gasteiger partial charge in [-0.25, -0.2) is 9.59 Å². The molecule has 1 unspecified atom stereocenters. The summed E-state index contributed by atoms with van der Waals surface area (Å²) in [6.45, 7) is 1.50. The van der Waals surface area contributed by atoms with Crippen LogP contribution in [0.1, 0.15) is 19.8 Å². The zero-order valence-corrected chi connectivity index (χ0v) is 9.41. The van der Waals surface area contributed by atoms with Gasteiger partial charge in [0.1, 0.15) is 0 Å². The molecule has 0 bridgehead atoms. The van der Waals surface area contributed by atoms with Crippen LogP contribution in [0.25, 0.3) is 0 Å². The molecule has 100 valence electrons. The van der Waals surface area contributed by atoms with E-state index in [-0.39, 0.29) is 12.8 Å². The molecule has 0 saturated heterocycles. The first-order valence-corrected chi connectivity index (χ1v) is 5.76. The minimum absolute atomic E-state index is 0.210. The minimum atomic E-state index is -5.99. The van der Waals surface area contributed by atoms with Crippen molar-refractivity contribution in [1.82, 2.24) is 0 Å². The van der Waals surface area contributed by atoms with Gasteiger partial charge in [0.15, 0.2) is 6.10 Å². The summed E-state index contributed by atoms with van der Waals surface area (Å²) < 4.78 is 57.6. The summed E-state index contributed by atoms with van der Waals surface area (Å²) in [7, 11) is -5.99. The summed E-state index contributed by atoms with van der Waals surface area (Å²) in [6, 6.07) is 0. The Kier molecular flexibility index (Phi) is 4.95. The van der Waals surface area contributed by atoms with Crippen LogP contribution < -0.4 is 0 Å². The summed E-state index contributed by atoms with van der Waals surface area (Å²) in [5, 5.41) is 3.30. The van der Waals surface area contributed by atoms with Crippen molar-refractivity contribution < 1.29 is 41.2 Å². The highest BCUT2D eigenvalue weighted by Crippen LogP contribution is 2.23. The smallest absolute Gasteiger partial charge is 0.465 e. The molecule has 0 spiro atoms. The fourth-order valence-corrected chi connectivity index (χ4v) is 1.06. The van der Waals surface area contributed by atoms with Crippen LogP contribution in [0.3, 0.4) is 0 Å². The van der Waals surface area contributed by atoms with Gasteiger partial charge in [0.25, 0.3) is 0 Å². The molecule has 0 saturated carbocycles. The van der Waals surface area contributed by atoms with Gasteiger partial charge in [-0.05, 0) is 6.42 Å². The number of hydrogen-bond acceptors (Lipinski definition) is 5. The Labute approximate surface area is 95.1 Å². The fourth-order valence-electron chi connectivity index (χ4n) is 0.798. The van der Waals surface area contributed by atoms with Gasteiger partial charge in [-0.1, -0.05) is 13.3 Å². The van der Waals surface area contributed by atoms with Crippen LogP contribution in [0, 0.1) is 0 Å². The maximum atomic E-state index is 12.7. The van der Waals surface area contributed by atoms with Gasteiger partial charge in [0.2, 0.25) is 0 Å². The summed E-state index contributed by atoms with van der Waals surface area (Å²) >= 11 is 0. The lowest BCUT2D eigenvalue weighted by molar-refractivity contribution is -0.176. The summed E-state index contributed by atoms with van der Waals surface area (Å²) in [5.41, 5.74) is 0. The molecular weight excluding hydrogens is 266 g/mol. The molecular formula is C7H10F2O7S. The number of halogens is 2. The molecule has 0 amide bonds. The second kappa shape index (κ2) is 5.36. The third kappa shape index (κ3) is 3.89. The number of carboxylic acids is 1. The quantitative estimate of drug-likeness (QED) is 0.527. The Balaban J connectivity index is 4.91. The number of hydrogen-bond donors (Lipinski definition) is 2. The van der Waals surface area contributed by atoms with Crippen molar-refractivity contribution in [1.29, 1.82) is 0 Å². The highest BCUT2D eigenvalue weighted by atomic mass is 32.2. The third-order valence-electron chi connectivity index (χ3n) is 1.64. The number of alkyl halides is 2. The van der Waals surface area contributed by atoms with Crippen molar-refractivity contribution in [3.05, 3.63) is 0 Å². The fraction of sp³-hybridized carbons (Fsp3) is 0.714. The van der Waals surface area contributed by atoms with Gasteiger partial charge >= 0.3 is 27.3 Å². The van der Waals surface area contributed by atoms with E-state index in [1.54, 1.807) is 0 Å². The Morgan fingerprint density at radius 1 is 1.41 bits per heavy atom. The van der Waals surface area contributed by atoms with Crippen molar-refractivity contribution in [3.8, 4) is 0 Å². The predicted octanol–water partition coefficient (Wildman–Crippen LogP) is 0.263. The first kappa shape index (κ1) is 15.7. The molecule has 7 nitrogen and oxygen atoms in total. The molecule has 2 N–H and O–H groups in total. The Morgan fingerprint density at radius 3 is 2.18 bits per heavy atom. The number of ether oxygens (including phenoxy) is 1. The van der Waals surface area contributed by atoms with Gasteiger partial charge in [0.05, 0.1) is 0 Å². The molecule has 0 aromatic rings. The standard InChI is InChI=1S/C7H10F2O7S/c1-2-3-4(5(10)11)16-6(12)7(8,9)17(13,14)15/h4H,2-3H2,1H3,(H,10,11)(H,13,14,15). The lowest BCUT2D eigenvalue weighted by Gasteiger charge is -2.16. The van der Waals surface area contributed by atoms with E-state index in [1.807, 2.05) is 0 Å². The van der Waals surface area contributed by atoms with Crippen molar-refractivity contribution in [2.75, 3.05) is 0 Å². The van der Waals surface area contributed by atoms with Crippen LogP contribution in [0.15, 0.2) is 0 Å². The first-order chi connectivity index (χ1) is 7.54. The monoisotopic (exact) mass is 276 g/mol. The Bertz CT molecular complexity index is 402. The van der Waals surface area contributed by atoms with Gasteiger partial charge in [0, 0.05) is 0 Å². The average Bonchev–Trinajstić information content (AvgIpc) is 2.14. The lowest BCUT2D eigenvalue weighted by atomic mass is 10.2. The van der Waals surface area contributed by atoms with E-state index in [9.17, 15) is 26.8 Å².